The van der Waals surface area contributed by atoms with Crippen molar-refractivity contribution in [1.29, 1.82) is 0 Å². The smallest absolute Gasteiger partial charge is 0.320 e. The second kappa shape index (κ2) is 4.24. The van der Waals surface area contributed by atoms with Gasteiger partial charge in [-0.1, -0.05) is 0 Å². The van der Waals surface area contributed by atoms with Gasteiger partial charge in [0.1, 0.15) is 12.0 Å². The quantitative estimate of drug-likeness (QED) is 0.648. The van der Waals surface area contributed by atoms with E-state index in [1.54, 1.807) is 0 Å². The lowest BCUT2D eigenvalue weighted by Crippen LogP contribution is -2.14. The molecule has 0 bridgehead atoms. The molecule has 0 aliphatic carbocycles. The monoisotopic (exact) mass is 250 g/mol. The molecule has 1 amide bonds. The first-order valence-electron chi connectivity index (χ1n) is 4.79. The van der Waals surface area contributed by atoms with Crippen LogP contribution in [0.5, 0.6) is 0 Å². The maximum absolute atomic E-state index is 12.7. The molecule has 92 valence electrons. The molecule has 2 N–H and O–H groups in total. The molecular weight excluding hydrogens is 243 g/mol. The zero-order valence-corrected chi connectivity index (χ0v) is 8.91. The molecule has 18 heavy (non-hydrogen) atoms. The lowest BCUT2D eigenvalue weighted by Gasteiger charge is -1.98. The van der Waals surface area contributed by atoms with E-state index in [-0.39, 0.29) is 0 Å². The summed E-state index contributed by atoms with van der Waals surface area (Å²) >= 11 is 0. The Morgan fingerprint density at radius 2 is 2.00 bits per heavy atom. The molecule has 1 heterocycles. The molecular formula is C10H7FN4O3. The Balaban J connectivity index is 2.53. The minimum absolute atomic E-state index is 0.381. The van der Waals surface area contributed by atoms with Crippen LogP contribution >= 0.6 is 0 Å². The van der Waals surface area contributed by atoms with Crippen LogP contribution in [-0.4, -0.2) is 20.6 Å². The molecule has 2 aromatic rings. The van der Waals surface area contributed by atoms with E-state index in [0.29, 0.717) is 5.69 Å². The van der Waals surface area contributed by atoms with Crippen molar-refractivity contribution in [3.63, 3.8) is 0 Å². The van der Waals surface area contributed by atoms with Crippen molar-refractivity contribution in [1.82, 2.24) is 9.78 Å². The van der Waals surface area contributed by atoms with Crippen molar-refractivity contribution < 1.29 is 14.1 Å². The lowest BCUT2D eigenvalue weighted by molar-refractivity contribution is -0.385. The summed E-state index contributed by atoms with van der Waals surface area (Å²) in [6.45, 7) is 0. The molecule has 0 fully saturated rings. The number of carbonyl (C=O) groups excluding carboxylic acids is 1. The van der Waals surface area contributed by atoms with Crippen LogP contribution in [0, 0.1) is 15.9 Å². The largest absolute Gasteiger partial charge is 0.364 e. The van der Waals surface area contributed by atoms with Gasteiger partial charge in [0, 0.05) is 0 Å². The van der Waals surface area contributed by atoms with Gasteiger partial charge in [-0.2, -0.15) is 5.10 Å². The van der Waals surface area contributed by atoms with Crippen LogP contribution in [0.25, 0.3) is 5.69 Å². The molecule has 0 atom stereocenters. The van der Waals surface area contributed by atoms with Gasteiger partial charge in [0.25, 0.3) is 5.91 Å². The molecule has 0 unspecified atom stereocenters. The molecule has 0 saturated carbocycles. The summed E-state index contributed by atoms with van der Waals surface area (Å²) in [5, 5.41) is 14.4. The average molecular weight is 250 g/mol. The van der Waals surface area contributed by atoms with Crippen molar-refractivity contribution in [2.75, 3.05) is 0 Å². The van der Waals surface area contributed by atoms with Gasteiger partial charge < -0.3 is 5.73 Å². The predicted octanol–water partition coefficient (Wildman–Crippen LogP) is 1.02. The topological polar surface area (TPSA) is 104 Å². The van der Waals surface area contributed by atoms with E-state index >= 15 is 0 Å². The maximum atomic E-state index is 12.7. The van der Waals surface area contributed by atoms with Gasteiger partial charge in [0.15, 0.2) is 0 Å². The van der Waals surface area contributed by atoms with Crippen molar-refractivity contribution in [2.45, 2.75) is 0 Å². The number of aromatic nitrogens is 2. The van der Waals surface area contributed by atoms with Gasteiger partial charge in [0.2, 0.25) is 5.69 Å². The molecule has 7 nitrogen and oxygen atoms in total. The van der Waals surface area contributed by atoms with Crippen LogP contribution in [0.1, 0.15) is 10.5 Å². The fourth-order valence-electron chi connectivity index (χ4n) is 1.40. The van der Waals surface area contributed by atoms with E-state index in [1.165, 1.54) is 24.3 Å². The molecule has 0 aliphatic heterocycles. The SMILES string of the molecule is NC(=O)c1nn(-c2ccc(F)cc2)cc1[N+](=O)[O-]. The highest BCUT2D eigenvalue weighted by molar-refractivity contribution is 5.94. The molecule has 0 aliphatic rings. The number of nitrogens with two attached hydrogens (primary N) is 1. The highest BCUT2D eigenvalue weighted by Gasteiger charge is 2.24. The van der Waals surface area contributed by atoms with Gasteiger partial charge in [-0.25, -0.2) is 9.07 Å². The molecule has 1 aromatic carbocycles. The third kappa shape index (κ3) is 2.03. The minimum Gasteiger partial charge on any atom is -0.364 e. The summed E-state index contributed by atoms with van der Waals surface area (Å²) in [6.07, 6.45) is 1.05. The lowest BCUT2D eigenvalue weighted by atomic mass is 10.3. The summed E-state index contributed by atoms with van der Waals surface area (Å²) in [5.41, 5.74) is 4.44. The summed E-state index contributed by atoms with van der Waals surface area (Å²) in [6, 6.07) is 5.09. The number of benzene rings is 1. The predicted molar refractivity (Wildman–Crippen MR) is 58.7 cm³/mol. The van der Waals surface area contributed by atoms with Gasteiger partial charge in [-0.3, -0.25) is 14.9 Å². The van der Waals surface area contributed by atoms with E-state index in [2.05, 4.69) is 5.10 Å². The number of hydrogen-bond donors (Lipinski definition) is 1. The number of nitro groups is 1. The Labute approximate surface area is 99.8 Å². The normalized spacial score (nSPS) is 10.3. The second-order valence-electron chi connectivity index (χ2n) is 3.41. The Bertz CT molecular complexity index is 589. The van der Waals surface area contributed by atoms with E-state index in [9.17, 15) is 19.3 Å². The number of primary amides is 1. The minimum atomic E-state index is -0.998. The van der Waals surface area contributed by atoms with E-state index < -0.39 is 28.0 Å². The van der Waals surface area contributed by atoms with Crippen LogP contribution in [-0.2, 0) is 0 Å². The first-order chi connectivity index (χ1) is 8.49. The maximum Gasteiger partial charge on any atom is 0.320 e. The van der Waals surface area contributed by atoms with E-state index in [0.717, 1.165) is 10.9 Å². The number of hydrogen-bond acceptors (Lipinski definition) is 4. The van der Waals surface area contributed by atoms with Crippen LogP contribution in [0.15, 0.2) is 30.5 Å². The van der Waals surface area contributed by atoms with E-state index in [1.807, 2.05) is 0 Å². The third-order valence-corrected chi connectivity index (χ3v) is 2.22. The zero-order valence-electron chi connectivity index (χ0n) is 8.91. The van der Waals surface area contributed by atoms with Gasteiger partial charge >= 0.3 is 5.69 Å². The number of halogens is 1. The van der Waals surface area contributed by atoms with Crippen molar-refractivity contribution in [3.8, 4) is 5.69 Å². The molecule has 0 radical (unpaired) electrons. The zero-order chi connectivity index (χ0) is 13.3. The average Bonchev–Trinajstić information content (AvgIpc) is 2.75. The highest BCUT2D eigenvalue weighted by atomic mass is 19.1. The summed E-state index contributed by atoms with van der Waals surface area (Å²) in [4.78, 5) is 21.0. The number of rotatable bonds is 3. The van der Waals surface area contributed by atoms with Crippen molar-refractivity contribution in [3.05, 3.63) is 52.1 Å². The van der Waals surface area contributed by atoms with Crippen molar-refractivity contribution >= 4 is 11.6 Å². The summed E-state index contributed by atoms with van der Waals surface area (Å²) in [7, 11) is 0. The molecule has 0 saturated heterocycles. The Hall–Kier alpha value is -2.77. The summed E-state index contributed by atoms with van der Waals surface area (Å²) in [5.74, 6) is -1.45. The fourth-order valence-corrected chi connectivity index (χ4v) is 1.40. The molecule has 1 aromatic heterocycles. The van der Waals surface area contributed by atoms with Crippen LogP contribution in [0.2, 0.25) is 0 Å². The molecule has 0 spiro atoms. The number of amides is 1. The first-order valence-corrected chi connectivity index (χ1v) is 4.79. The third-order valence-electron chi connectivity index (χ3n) is 2.22. The fraction of sp³-hybridized carbons (Fsp3) is 0. The van der Waals surface area contributed by atoms with Gasteiger partial charge in [-0.15, -0.1) is 0 Å². The molecule has 2 rings (SSSR count). The Kier molecular flexibility index (Phi) is 2.76. The van der Waals surface area contributed by atoms with Crippen molar-refractivity contribution in [2.24, 2.45) is 5.73 Å². The standard InChI is InChI=1S/C10H7FN4O3/c11-6-1-3-7(4-2-6)14-5-8(15(17)18)9(13-14)10(12)16/h1-5H,(H2,12,16). The Morgan fingerprint density at radius 1 is 1.39 bits per heavy atom. The second-order valence-corrected chi connectivity index (χ2v) is 3.41. The van der Waals surface area contributed by atoms with Gasteiger partial charge in [-0.05, 0) is 24.3 Å². The number of carbonyl (C=O) groups is 1. The Morgan fingerprint density at radius 3 is 2.44 bits per heavy atom. The van der Waals surface area contributed by atoms with Crippen LogP contribution in [0.3, 0.4) is 0 Å². The van der Waals surface area contributed by atoms with E-state index in [4.69, 9.17) is 5.73 Å². The first kappa shape index (κ1) is 11.7. The molecule has 8 heteroatoms. The number of nitrogens with zero attached hydrogens (tertiary/aromatic N) is 3. The van der Waals surface area contributed by atoms with Gasteiger partial charge in [0.05, 0.1) is 10.6 Å². The van der Waals surface area contributed by atoms with Crippen LogP contribution < -0.4 is 5.73 Å². The highest BCUT2D eigenvalue weighted by Crippen LogP contribution is 2.19. The summed E-state index contributed by atoms with van der Waals surface area (Å²) < 4.78 is 13.8. The van der Waals surface area contributed by atoms with Crippen LogP contribution in [0.4, 0.5) is 10.1 Å².